The molecule has 1 saturated carbocycles. The fourth-order valence-electron chi connectivity index (χ4n) is 6.89. The van der Waals surface area contributed by atoms with Crippen molar-refractivity contribution in [2.24, 2.45) is 23.2 Å². The molecular formula is C27H35ClO4. The molecule has 0 amide bonds. The van der Waals surface area contributed by atoms with Crippen LogP contribution in [0.15, 0.2) is 30.0 Å². The van der Waals surface area contributed by atoms with Gasteiger partial charge in [0, 0.05) is 25.1 Å². The maximum atomic E-state index is 11.8. The smallest absolute Gasteiger partial charge is 0.308 e. The maximum Gasteiger partial charge on any atom is 0.308 e. The third kappa shape index (κ3) is 4.48. The van der Waals surface area contributed by atoms with Gasteiger partial charge in [0.1, 0.15) is 11.5 Å². The standard InChI is InChI=1S/C27H35ClO4/c1-17(29)31-21-9-11-22-19(15-21)8-10-23-24-12-13-25(32-18(2)30)27(24,3)16-20(26(22)23)7-5-4-6-14-28/h9,11,13,15,20,23-24,26H,4-8,10,12,14,16H2,1-3H3/t20?,23-,24-,26+,27-/m0/s1. The van der Waals surface area contributed by atoms with E-state index in [1.165, 1.54) is 37.8 Å². The highest BCUT2D eigenvalue weighted by Gasteiger charge is 2.56. The first-order valence-electron chi connectivity index (χ1n) is 12.1. The minimum absolute atomic E-state index is 0.0703. The lowest BCUT2D eigenvalue weighted by atomic mass is 9.51. The highest BCUT2D eigenvalue weighted by atomic mass is 35.5. The Balaban J connectivity index is 1.65. The first kappa shape index (κ1) is 23.4. The molecule has 3 aliphatic rings. The molecular weight excluding hydrogens is 424 g/mol. The number of ether oxygens (including phenoxy) is 2. The number of halogens is 1. The quantitative estimate of drug-likeness (QED) is 0.201. The SMILES string of the molecule is CC(=O)OC1=CC[C@H]2[C@@H]3CCc4cc(OC(C)=O)ccc4[C@H]3C(CCCCCCl)C[C@]12C. The summed E-state index contributed by atoms with van der Waals surface area (Å²) in [6, 6.07) is 6.23. The summed E-state index contributed by atoms with van der Waals surface area (Å²) in [7, 11) is 0. The van der Waals surface area contributed by atoms with Gasteiger partial charge < -0.3 is 9.47 Å². The van der Waals surface area contributed by atoms with E-state index in [1.807, 2.05) is 6.07 Å². The second-order valence-corrected chi connectivity index (χ2v) is 10.5. The third-order valence-corrected chi connectivity index (χ3v) is 8.32. The Bertz CT molecular complexity index is 907. The zero-order valence-electron chi connectivity index (χ0n) is 19.5. The fraction of sp³-hybridized carbons (Fsp3) is 0.630. The van der Waals surface area contributed by atoms with Crippen LogP contribution in [0, 0.1) is 23.2 Å². The van der Waals surface area contributed by atoms with Crippen molar-refractivity contribution in [1.82, 2.24) is 0 Å². The number of benzene rings is 1. The highest BCUT2D eigenvalue weighted by Crippen LogP contribution is 2.64. The van der Waals surface area contributed by atoms with Crippen molar-refractivity contribution in [3.8, 4) is 5.75 Å². The van der Waals surface area contributed by atoms with Crippen LogP contribution in [0.1, 0.15) is 82.8 Å². The number of unbranched alkanes of at least 4 members (excludes halogenated alkanes) is 2. The summed E-state index contributed by atoms with van der Waals surface area (Å²) < 4.78 is 11.1. The fourth-order valence-corrected chi connectivity index (χ4v) is 7.08. The van der Waals surface area contributed by atoms with E-state index in [9.17, 15) is 9.59 Å². The third-order valence-electron chi connectivity index (χ3n) is 8.06. The molecule has 1 aromatic carbocycles. The summed E-state index contributed by atoms with van der Waals surface area (Å²) in [6.07, 6.45) is 10.9. The lowest BCUT2D eigenvalue weighted by molar-refractivity contribution is -0.140. The Morgan fingerprint density at radius 1 is 1.12 bits per heavy atom. The van der Waals surface area contributed by atoms with Crippen molar-refractivity contribution >= 4 is 23.5 Å². The molecule has 1 aromatic rings. The molecule has 0 aliphatic heterocycles. The van der Waals surface area contributed by atoms with Crippen molar-refractivity contribution in [1.29, 1.82) is 0 Å². The summed E-state index contributed by atoms with van der Waals surface area (Å²) in [4.78, 5) is 23.2. The van der Waals surface area contributed by atoms with Gasteiger partial charge in [-0.15, -0.1) is 11.6 Å². The number of esters is 2. The monoisotopic (exact) mass is 458 g/mol. The molecule has 174 valence electrons. The molecule has 0 spiro atoms. The molecule has 4 rings (SSSR count). The van der Waals surface area contributed by atoms with E-state index in [0.717, 1.165) is 50.2 Å². The van der Waals surface area contributed by atoms with Crippen LogP contribution in [0.25, 0.3) is 0 Å². The maximum absolute atomic E-state index is 11.8. The van der Waals surface area contributed by atoms with Crippen LogP contribution in [0.4, 0.5) is 0 Å². The van der Waals surface area contributed by atoms with Crippen LogP contribution in [-0.2, 0) is 20.7 Å². The molecule has 5 heteroatoms. The molecule has 4 nitrogen and oxygen atoms in total. The van der Waals surface area contributed by atoms with Crippen molar-refractivity contribution in [2.45, 2.75) is 78.1 Å². The molecule has 0 bridgehead atoms. The summed E-state index contributed by atoms with van der Waals surface area (Å²) in [6.45, 7) is 5.27. The Kier molecular flexibility index (Phi) is 7.00. The summed E-state index contributed by atoms with van der Waals surface area (Å²) in [5, 5.41) is 0. The van der Waals surface area contributed by atoms with Crippen molar-refractivity contribution in [3.63, 3.8) is 0 Å². The normalized spacial score (nSPS) is 30.6. The van der Waals surface area contributed by atoms with Crippen LogP contribution in [-0.4, -0.2) is 17.8 Å². The number of rotatable bonds is 7. The van der Waals surface area contributed by atoms with Crippen LogP contribution >= 0.6 is 11.6 Å². The molecule has 0 aromatic heterocycles. The molecule has 32 heavy (non-hydrogen) atoms. The van der Waals surface area contributed by atoms with Gasteiger partial charge in [-0.25, -0.2) is 0 Å². The summed E-state index contributed by atoms with van der Waals surface area (Å²) in [5.41, 5.74) is 2.69. The van der Waals surface area contributed by atoms with Gasteiger partial charge in [0.2, 0.25) is 0 Å². The Hall–Kier alpha value is -1.81. The second-order valence-electron chi connectivity index (χ2n) is 10.1. The van der Waals surface area contributed by atoms with Gasteiger partial charge >= 0.3 is 11.9 Å². The number of hydrogen-bond donors (Lipinski definition) is 0. The van der Waals surface area contributed by atoms with E-state index in [-0.39, 0.29) is 17.4 Å². The zero-order valence-corrected chi connectivity index (χ0v) is 20.2. The lowest BCUT2D eigenvalue weighted by Gasteiger charge is -2.53. The molecule has 1 fully saturated rings. The van der Waals surface area contributed by atoms with Gasteiger partial charge in [0.05, 0.1) is 0 Å². The number of carbonyl (C=O) groups excluding carboxylic acids is 2. The Morgan fingerprint density at radius 2 is 1.91 bits per heavy atom. The lowest BCUT2D eigenvalue weighted by Crippen LogP contribution is -2.46. The van der Waals surface area contributed by atoms with Crippen LogP contribution in [0.5, 0.6) is 5.75 Å². The van der Waals surface area contributed by atoms with E-state index in [1.54, 1.807) is 0 Å². The molecule has 1 unspecified atom stereocenters. The average molecular weight is 459 g/mol. The largest absolute Gasteiger partial charge is 0.431 e. The number of alkyl halides is 1. The highest BCUT2D eigenvalue weighted by molar-refractivity contribution is 6.17. The molecule has 0 heterocycles. The molecule has 5 atom stereocenters. The Morgan fingerprint density at radius 3 is 2.62 bits per heavy atom. The van der Waals surface area contributed by atoms with Crippen LogP contribution in [0.2, 0.25) is 0 Å². The van der Waals surface area contributed by atoms with E-state index in [4.69, 9.17) is 21.1 Å². The van der Waals surface area contributed by atoms with E-state index in [0.29, 0.717) is 29.4 Å². The van der Waals surface area contributed by atoms with Crippen LogP contribution < -0.4 is 4.74 Å². The van der Waals surface area contributed by atoms with E-state index in [2.05, 4.69) is 25.1 Å². The number of carbonyl (C=O) groups is 2. The number of fused-ring (bicyclic) bond motifs is 5. The van der Waals surface area contributed by atoms with Gasteiger partial charge in [-0.2, -0.15) is 0 Å². The minimum atomic E-state index is -0.278. The van der Waals surface area contributed by atoms with Gasteiger partial charge in [-0.05, 0) is 91.5 Å². The predicted octanol–water partition coefficient (Wildman–Crippen LogP) is 6.55. The van der Waals surface area contributed by atoms with Gasteiger partial charge in [-0.1, -0.05) is 25.8 Å². The van der Waals surface area contributed by atoms with Crippen molar-refractivity contribution < 1.29 is 19.1 Å². The molecule has 0 saturated heterocycles. The molecule has 0 radical (unpaired) electrons. The van der Waals surface area contributed by atoms with Gasteiger partial charge in [-0.3, -0.25) is 9.59 Å². The number of hydrogen-bond acceptors (Lipinski definition) is 4. The molecule has 0 N–H and O–H groups in total. The number of allylic oxidation sites excluding steroid dienone is 2. The van der Waals surface area contributed by atoms with Crippen molar-refractivity contribution in [2.75, 3.05) is 5.88 Å². The average Bonchev–Trinajstić information content (AvgIpc) is 3.05. The van der Waals surface area contributed by atoms with Gasteiger partial charge in [0.25, 0.3) is 0 Å². The second kappa shape index (κ2) is 9.59. The first-order valence-corrected chi connectivity index (χ1v) is 12.6. The van der Waals surface area contributed by atoms with Crippen molar-refractivity contribution in [3.05, 3.63) is 41.2 Å². The van der Waals surface area contributed by atoms with Crippen LogP contribution in [0.3, 0.4) is 0 Å². The number of aryl methyl sites for hydroxylation is 1. The summed E-state index contributed by atoms with van der Waals surface area (Å²) in [5.74, 6) is 3.88. The van der Waals surface area contributed by atoms with E-state index < -0.39 is 0 Å². The predicted molar refractivity (Wildman–Crippen MR) is 126 cm³/mol. The first-order chi connectivity index (χ1) is 15.3. The molecule has 3 aliphatic carbocycles. The minimum Gasteiger partial charge on any atom is -0.431 e. The Labute approximate surface area is 196 Å². The summed E-state index contributed by atoms with van der Waals surface area (Å²) >= 11 is 5.92. The topological polar surface area (TPSA) is 52.6 Å². The zero-order chi connectivity index (χ0) is 22.9. The van der Waals surface area contributed by atoms with Gasteiger partial charge in [0.15, 0.2) is 0 Å². The van der Waals surface area contributed by atoms with E-state index >= 15 is 0 Å².